The molecule has 0 spiro atoms. The van der Waals surface area contributed by atoms with Crippen LogP contribution in [0, 0.1) is 0 Å². The Labute approximate surface area is 107 Å². The van der Waals surface area contributed by atoms with E-state index in [-0.39, 0.29) is 11.2 Å². The number of ether oxygens (including phenoxy) is 3. The highest BCUT2D eigenvalue weighted by Gasteiger charge is 2.22. The maximum absolute atomic E-state index is 5.89. The molecule has 0 saturated carbocycles. The Hall–Kier alpha value is -0.120. The molecular weight excluding hydrogens is 216 g/mol. The third kappa shape index (κ3) is 9.57. The Morgan fingerprint density at radius 1 is 0.765 bits per heavy atom. The van der Waals surface area contributed by atoms with E-state index in [1.165, 1.54) is 0 Å². The van der Waals surface area contributed by atoms with Gasteiger partial charge in [-0.2, -0.15) is 0 Å². The third-order valence-electron chi connectivity index (χ3n) is 2.80. The van der Waals surface area contributed by atoms with Crippen molar-refractivity contribution in [3.8, 4) is 0 Å². The first kappa shape index (κ1) is 16.9. The molecule has 0 unspecified atom stereocenters. The Bertz CT molecular complexity index is 168. The molecule has 0 bridgehead atoms. The smallest absolute Gasteiger partial charge is 0.0648 e. The summed E-state index contributed by atoms with van der Waals surface area (Å²) in [5.41, 5.74) is -0.204. The van der Waals surface area contributed by atoms with Gasteiger partial charge in [0.15, 0.2) is 0 Å². The van der Waals surface area contributed by atoms with Crippen LogP contribution in [0.4, 0.5) is 0 Å². The molecule has 0 saturated heterocycles. The molecule has 0 aliphatic heterocycles. The second-order valence-electron chi connectivity index (χ2n) is 5.71. The van der Waals surface area contributed by atoms with Crippen LogP contribution in [0.2, 0.25) is 0 Å². The van der Waals surface area contributed by atoms with Gasteiger partial charge in [-0.15, -0.1) is 0 Å². The van der Waals surface area contributed by atoms with E-state index in [4.69, 9.17) is 14.2 Å². The van der Waals surface area contributed by atoms with Crippen LogP contribution in [0.15, 0.2) is 0 Å². The van der Waals surface area contributed by atoms with Crippen molar-refractivity contribution in [2.75, 3.05) is 26.9 Å². The van der Waals surface area contributed by atoms with E-state index >= 15 is 0 Å². The lowest BCUT2D eigenvalue weighted by molar-refractivity contribution is -0.0788. The molecule has 17 heavy (non-hydrogen) atoms. The first-order valence-electron chi connectivity index (χ1n) is 6.60. The predicted octanol–water partition coefficient (Wildman–Crippen LogP) is 3.41. The Morgan fingerprint density at radius 2 is 1.24 bits per heavy atom. The van der Waals surface area contributed by atoms with E-state index in [2.05, 4.69) is 34.6 Å². The molecule has 0 radical (unpaired) electrons. The fraction of sp³-hybridized carbons (Fsp3) is 1.00. The number of hydrogen-bond acceptors (Lipinski definition) is 3. The zero-order valence-electron chi connectivity index (χ0n) is 12.5. The van der Waals surface area contributed by atoms with Crippen molar-refractivity contribution in [3.05, 3.63) is 0 Å². The first-order chi connectivity index (χ1) is 7.83. The van der Waals surface area contributed by atoms with Crippen LogP contribution in [0.25, 0.3) is 0 Å². The summed E-state index contributed by atoms with van der Waals surface area (Å²) < 4.78 is 16.7. The van der Waals surface area contributed by atoms with E-state index in [1.807, 2.05) is 0 Å². The Kier molecular flexibility index (Phi) is 8.01. The molecule has 0 heterocycles. The van der Waals surface area contributed by atoms with Gasteiger partial charge in [-0.05, 0) is 47.0 Å². The summed E-state index contributed by atoms with van der Waals surface area (Å²) in [6.07, 6.45) is 2.90. The van der Waals surface area contributed by atoms with Crippen LogP contribution in [-0.2, 0) is 14.2 Å². The molecule has 0 aromatic heterocycles. The average Bonchev–Trinajstić information content (AvgIpc) is 2.23. The van der Waals surface area contributed by atoms with Gasteiger partial charge in [-0.1, -0.05) is 6.92 Å². The number of hydrogen-bond donors (Lipinski definition) is 0. The van der Waals surface area contributed by atoms with Crippen LogP contribution >= 0.6 is 0 Å². The van der Waals surface area contributed by atoms with E-state index in [9.17, 15) is 0 Å². The largest absolute Gasteiger partial charge is 0.385 e. The van der Waals surface area contributed by atoms with E-state index < -0.39 is 0 Å². The molecular formula is C14H30O3. The number of methoxy groups -OCH3 is 1. The van der Waals surface area contributed by atoms with Crippen molar-refractivity contribution in [1.82, 2.24) is 0 Å². The maximum Gasteiger partial charge on any atom is 0.0648 e. The molecule has 0 rings (SSSR count). The fourth-order valence-electron chi connectivity index (χ4n) is 1.44. The van der Waals surface area contributed by atoms with Crippen molar-refractivity contribution in [2.24, 2.45) is 0 Å². The lowest BCUT2D eigenvalue weighted by Crippen LogP contribution is -2.31. The highest BCUT2D eigenvalue weighted by atomic mass is 16.5. The molecule has 104 valence electrons. The van der Waals surface area contributed by atoms with E-state index in [0.29, 0.717) is 0 Å². The molecule has 3 heteroatoms. The van der Waals surface area contributed by atoms with Gasteiger partial charge >= 0.3 is 0 Å². The van der Waals surface area contributed by atoms with Crippen LogP contribution in [0.1, 0.15) is 53.9 Å². The molecule has 0 aromatic carbocycles. The SMILES string of the molecule is CCCOC(C)(C)CCOC(C)(C)CCOC. The third-order valence-corrected chi connectivity index (χ3v) is 2.80. The molecule has 0 aliphatic rings. The standard InChI is InChI=1S/C14H30O3/c1-7-10-16-14(4,5)9-12-17-13(2,3)8-11-15-6/h7-12H2,1-6H3. The first-order valence-corrected chi connectivity index (χ1v) is 6.60. The van der Waals surface area contributed by atoms with Gasteiger partial charge in [0.2, 0.25) is 0 Å². The molecule has 0 fully saturated rings. The van der Waals surface area contributed by atoms with Crippen molar-refractivity contribution in [3.63, 3.8) is 0 Å². The van der Waals surface area contributed by atoms with Gasteiger partial charge in [0.05, 0.1) is 17.8 Å². The van der Waals surface area contributed by atoms with Crippen molar-refractivity contribution in [2.45, 2.75) is 65.1 Å². The zero-order chi connectivity index (χ0) is 13.4. The summed E-state index contributed by atoms with van der Waals surface area (Å²) in [6, 6.07) is 0. The number of rotatable bonds is 10. The molecule has 0 atom stereocenters. The van der Waals surface area contributed by atoms with Crippen LogP contribution in [-0.4, -0.2) is 38.1 Å². The second-order valence-corrected chi connectivity index (χ2v) is 5.71. The minimum Gasteiger partial charge on any atom is -0.385 e. The predicted molar refractivity (Wildman–Crippen MR) is 71.5 cm³/mol. The van der Waals surface area contributed by atoms with Crippen molar-refractivity contribution < 1.29 is 14.2 Å². The summed E-state index contributed by atoms with van der Waals surface area (Å²) in [7, 11) is 1.72. The lowest BCUT2D eigenvalue weighted by Gasteiger charge is -2.29. The second kappa shape index (κ2) is 8.06. The van der Waals surface area contributed by atoms with E-state index in [0.717, 1.165) is 39.1 Å². The zero-order valence-corrected chi connectivity index (χ0v) is 12.5. The minimum absolute atomic E-state index is 0.0899. The maximum atomic E-state index is 5.89. The van der Waals surface area contributed by atoms with E-state index in [1.54, 1.807) is 7.11 Å². The summed E-state index contributed by atoms with van der Waals surface area (Å²) >= 11 is 0. The normalized spacial score (nSPS) is 13.1. The van der Waals surface area contributed by atoms with Gasteiger partial charge in [0.25, 0.3) is 0 Å². The quantitative estimate of drug-likeness (QED) is 0.591. The Morgan fingerprint density at radius 3 is 1.71 bits per heavy atom. The van der Waals surface area contributed by atoms with Crippen molar-refractivity contribution in [1.29, 1.82) is 0 Å². The Balaban J connectivity index is 3.80. The van der Waals surface area contributed by atoms with Crippen LogP contribution in [0.5, 0.6) is 0 Å². The summed E-state index contributed by atoms with van der Waals surface area (Å²) in [4.78, 5) is 0. The van der Waals surface area contributed by atoms with Crippen molar-refractivity contribution >= 4 is 0 Å². The molecule has 0 amide bonds. The van der Waals surface area contributed by atoms with Crippen LogP contribution < -0.4 is 0 Å². The van der Waals surface area contributed by atoms with Gasteiger partial charge < -0.3 is 14.2 Å². The average molecular weight is 246 g/mol. The van der Waals surface area contributed by atoms with Crippen LogP contribution in [0.3, 0.4) is 0 Å². The van der Waals surface area contributed by atoms with Gasteiger partial charge in [-0.3, -0.25) is 0 Å². The minimum atomic E-state index is -0.114. The molecule has 0 aliphatic carbocycles. The summed E-state index contributed by atoms with van der Waals surface area (Å²) in [5, 5.41) is 0. The van der Waals surface area contributed by atoms with Gasteiger partial charge in [-0.25, -0.2) is 0 Å². The summed E-state index contributed by atoms with van der Waals surface area (Å²) in [6.45, 7) is 12.9. The molecule has 0 aromatic rings. The summed E-state index contributed by atoms with van der Waals surface area (Å²) in [5.74, 6) is 0. The van der Waals surface area contributed by atoms with Gasteiger partial charge in [0.1, 0.15) is 0 Å². The fourth-order valence-corrected chi connectivity index (χ4v) is 1.44. The highest BCUT2D eigenvalue weighted by Crippen LogP contribution is 2.19. The monoisotopic (exact) mass is 246 g/mol. The van der Waals surface area contributed by atoms with Gasteiger partial charge in [0, 0.05) is 20.3 Å². The lowest BCUT2D eigenvalue weighted by atomic mass is 10.0. The molecule has 3 nitrogen and oxygen atoms in total. The highest BCUT2D eigenvalue weighted by molar-refractivity contribution is 4.72. The molecule has 0 N–H and O–H groups in total. The topological polar surface area (TPSA) is 27.7 Å².